The van der Waals surface area contributed by atoms with Crippen molar-refractivity contribution in [2.75, 3.05) is 7.05 Å². The molecule has 0 unspecified atom stereocenters. The van der Waals surface area contributed by atoms with Crippen molar-refractivity contribution in [3.05, 3.63) is 0 Å². The maximum absolute atomic E-state index is 9.26. The fourth-order valence-electron chi connectivity index (χ4n) is 0.172. The highest BCUT2D eigenvalue weighted by molar-refractivity contribution is 5.97. The van der Waals surface area contributed by atoms with Gasteiger partial charge in [0.2, 0.25) is 0 Å². The van der Waals surface area contributed by atoms with Crippen molar-refractivity contribution in [1.29, 1.82) is 5.26 Å². The molecule has 0 aliphatic rings. The van der Waals surface area contributed by atoms with E-state index < -0.39 is 6.09 Å². The molecule has 1 amide bonds. The van der Waals surface area contributed by atoms with E-state index >= 15 is 0 Å². The smallest absolute Gasteiger partial charge is 0.404 e. The van der Waals surface area contributed by atoms with E-state index in [-0.39, 0.29) is 5.71 Å². The zero-order chi connectivity index (χ0) is 9.98. The summed E-state index contributed by atoms with van der Waals surface area (Å²) in [5.41, 5.74) is 0.167. The molecule has 3 N–H and O–H groups in total. The number of carboxylic acid groups (broad SMARTS) is 1. The molecule has 0 radical (unpaired) electrons. The van der Waals surface area contributed by atoms with Crippen LogP contribution in [0, 0.1) is 11.3 Å². The third kappa shape index (κ3) is 11.1. The number of hydrogen-bond acceptors (Lipinski definition) is 4. The number of rotatable bonds is 1. The summed E-state index contributed by atoms with van der Waals surface area (Å²) in [6.45, 7) is 1.75. The van der Waals surface area contributed by atoms with Gasteiger partial charge in [-0.25, -0.2) is 4.79 Å². The summed E-state index contributed by atoms with van der Waals surface area (Å²) >= 11 is 0. The standard InChI is InChI=1S/C4H6N2O.C2H5NO2/c1-2-4(3-5)6-7;1-3-2(4)5/h7H,2H2,1H3;3H,1H3,(H,4,5). The molecule has 0 saturated carbocycles. The topological polar surface area (TPSA) is 106 Å². The highest BCUT2D eigenvalue weighted by Gasteiger charge is 1.87. The molecule has 0 aliphatic heterocycles. The molecule has 0 rings (SSSR count). The maximum Gasteiger partial charge on any atom is 0.404 e. The predicted octanol–water partition coefficient (Wildman–Crippen LogP) is 0.634. The molecule has 6 heteroatoms. The van der Waals surface area contributed by atoms with Crippen molar-refractivity contribution in [1.82, 2.24) is 5.32 Å². The van der Waals surface area contributed by atoms with Crippen LogP contribution in [0.25, 0.3) is 0 Å². The van der Waals surface area contributed by atoms with Gasteiger partial charge in [-0.3, -0.25) is 0 Å². The number of nitrogens with zero attached hydrogens (tertiary/aromatic N) is 2. The number of nitriles is 1. The lowest BCUT2D eigenvalue weighted by atomic mass is 10.3. The van der Waals surface area contributed by atoms with E-state index in [9.17, 15) is 4.79 Å². The molecule has 0 fully saturated rings. The highest BCUT2D eigenvalue weighted by Crippen LogP contribution is 1.78. The molecule has 0 spiro atoms. The molecule has 0 aromatic carbocycles. The van der Waals surface area contributed by atoms with Crippen molar-refractivity contribution in [2.24, 2.45) is 5.16 Å². The van der Waals surface area contributed by atoms with Gasteiger partial charge < -0.3 is 15.6 Å². The fraction of sp³-hybridized carbons (Fsp3) is 0.500. The number of carbonyl (C=O) groups is 1. The Balaban J connectivity index is 0. The summed E-state index contributed by atoms with van der Waals surface area (Å²) in [5.74, 6) is 0. The molecule has 0 heterocycles. The Labute approximate surface area is 70.1 Å². The summed E-state index contributed by atoms with van der Waals surface area (Å²) < 4.78 is 0. The van der Waals surface area contributed by atoms with E-state index in [4.69, 9.17) is 15.6 Å². The normalized spacial score (nSPS) is 8.92. The van der Waals surface area contributed by atoms with Crippen LogP contribution in [0.4, 0.5) is 4.79 Å². The quantitative estimate of drug-likeness (QED) is 0.307. The molecular weight excluding hydrogens is 162 g/mol. The van der Waals surface area contributed by atoms with Crippen LogP contribution in [0.3, 0.4) is 0 Å². The third-order valence-electron chi connectivity index (χ3n) is 0.799. The van der Waals surface area contributed by atoms with E-state index in [0.717, 1.165) is 0 Å². The molecule has 0 bridgehead atoms. The summed E-state index contributed by atoms with van der Waals surface area (Å²) in [5, 5.41) is 28.1. The average molecular weight is 173 g/mol. The molecule has 12 heavy (non-hydrogen) atoms. The Morgan fingerprint density at radius 1 is 1.75 bits per heavy atom. The average Bonchev–Trinajstić information content (AvgIpc) is 2.09. The first-order valence-corrected chi connectivity index (χ1v) is 3.14. The van der Waals surface area contributed by atoms with E-state index in [1.165, 1.54) is 7.05 Å². The summed E-state index contributed by atoms with van der Waals surface area (Å²) in [6, 6.07) is 1.70. The zero-order valence-corrected chi connectivity index (χ0v) is 6.90. The summed E-state index contributed by atoms with van der Waals surface area (Å²) in [4.78, 5) is 9.26. The van der Waals surface area contributed by atoms with Gasteiger partial charge in [0.15, 0.2) is 5.71 Å². The van der Waals surface area contributed by atoms with Crippen LogP contribution >= 0.6 is 0 Å². The predicted molar refractivity (Wildman–Crippen MR) is 42.2 cm³/mol. The molecule has 0 saturated heterocycles. The van der Waals surface area contributed by atoms with Crippen LogP contribution in [0.5, 0.6) is 0 Å². The first kappa shape index (κ1) is 12.9. The molecule has 68 valence electrons. The molecule has 0 aromatic heterocycles. The Morgan fingerprint density at radius 2 is 2.17 bits per heavy atom. The van der Waals surface area contributed by atoms with Crippen LogP contribution in [0.2, 0.25) is 0 Å². The van der Waals surface area contributed by atoms with Gasteiger partial charge in [-0.15, -0.1) is 0 Å². The van der Waals surface area contributed by atoms with Gasteiger partial charge in [0, 0.05) is 13.5 Å². The summed E-state index contributed by atoms with van der Waals surface area (Å²) in [7, 11) is 1.35. The number of oxime groups is 1. The van der Waals surface area contributed by atoms with E-state index in [0.29, 0.717) is 6.42 Å². The summed E-state index contributed by atoms with van der Waals surface area (Å²) in [6.07, 6.45) is -0.502. The van der Waals surface area contributed by atoms with Gasteiger partial charge in [-0.1, -0.05) is 12.1 Å². The van der Waals surface area contributed by atoms with Gasteiger partial charge in [-0.05, 0) is 0 Å². The van der Waals surface area contributed by atoms with Crippen LogP contribution < -0.4 is 5.32 Å². The number of amides is 1. The molecule has 0 aliphatic carbocycles. The van der Waals surface area contributed by atoms with Gasteiger partial charge >= 0.3 is 6.09 Å². The van der Waals surface area contributed by atoms with Gasteiger partial charge in [0.05, 0.1) is 0 Å². The van der Waals surface area contributed by atoms with E-state index in [1.807, 2.05) is 5.32 Å². The maximum atomic E-state index is 9.26. The van der Waals surface area contributed by atoms with Crippen LogP contribution in [-0.2, 0) is 0 Å². The minimum absolute atomic E-state index is 0.167. The molecule has 6 nitrogen and oxygen atoms in total. The van der Waals surface area contributed by atoms with Gasteiger partial charge in [0.25, 0.3) is 0 Å². The molecule has 0 atom stereocenters. The lowest BCUT2D eigenvalue weighted by Gasteiger charge is -1.78. The highest BCUT2D eigenvalue weighted by atomic mass is 16.4. The Kier molecular flexibility index (Phi) is 9.90. The largest absolute Gasteiger partial charge is 0.465 e. The third-order valence-corrected chi connectivity index (χ3v) is 0.799. The first-order valence-electron chi connectivity index (χ1n) is 3.14. The Hall–Kier alpha value is -1.77. The lowest BCUT2D eigenvalue weighted by Crippen LogP contribution is -2.13. The zero-order valence-electron chi connectivity index (χ0n) is 6.90. The van der Waals surface area contributed by atoms with Crippen molar-refractivity contribution >= 4 is 11.8 Å². The van der Waals surface area contributed by atoms with Gasteiger partial charge in [-0.2, -0.15) is 5.26 Å². The lowest BCUT2D eigenvalue weighted by molar-refractivity contribution is 0.197. The molecule has 0 aromatic rings. The van der Waals surface area contributed by atoms with Crippen LogP contribution in [0.1, 0.15) is 13.3 Å². The van der Waals surface area contributed by atoms with Crippen molar-refractivity contribution in [3.8, 4) is 6.07 Å². The number of hydrogen-bond donors (Lipinski definition) is 3. The SMILES string of the molecule is CCC(C#N)=NO.CNC(=O)O. The number of nitrogens with one attached hydrogen (secondary N) is 1. The second kappa shape index (κ2) is 9.23. The van der Waals surface area contributed by atoms with Gasteiger partial charge in [0.1, 0.15) is 6.07 Å². The van der Waals surface area contributed by atoms with Crippen LogP contribution in [-0.4, -0.2) is 29.2 Å². The van der Waals surface area contributed by atoms with Crippen molar-refractivity contribution < 1.29 is 15.1 Å². The van der Waals surface area contributed by atoms with Crippen molar-refractivity contribution in [2.45, 2.75) is 13.3 Å². The van der Waals surface area contributed by atoms with Crippen LogP contribution in [0.15, 0.2) is 5.16 Å². The minimum Gasteiger partial charge on any atom is -0.465 e. The first-order chi connectivity index (χ1) is 5.62. The second-order valence-electron chi connectivity index (χ2n) is 1.57. The fourth-order valence-corrected chi connectivity index (χ4v) is 0.172. The van der Waals surface area contributed by atoms with Crippen molar-refractivity contribution in [3.63, 3.8) is 0 Å². The van der Waals surface area contributed by atoms with E-state index in [1.54, 1.807) is 13.0 Å². The Bertz CT molecular complexity index is 195. The minimum atomic E-state index is -0.995. The monoisotopic (exact) mass is 173 g/mol. The van der Waals surface area contributed by atoms with E-state index in [2.05, 4.69) is 5.16 Å². The Morgan fingerprint density at radius 3 is 2.17 bits per heavy atom. The second-order valence-corrected chi connectivity index (χ2v) is 1.57. The molecular formula is C6H11N3O3.